The Morgan fingerprint density at radius 1 is 0.294 bits per heavy atom. The number of benzene rings is 8. The van der Waals surface area contributed by atoms with Crippen LogP contribution in [0.25, 0.3) is 97.9 Å². The normalized spacial score (nSPS) is 11.5. The van der Waals surface area contributed by atoms with E-state index in [1.807, 2.05) is 29.5 Å². The highest BCUT2D eigenvalue weighted by molar-refractivity contribution is 7.25. The average Bonchev–Trinajstić information content (AvgIpc) is 3.58. The van der Waals surface area contributed by atoms with Gasteiger partial charge in [-0.15, -0.1) is 11.3 Å². The van der Waals surface area contributed by atoms with Crippen LogP contribution < -0.4 is 0 Å². The summed E-state index contributed by atoms with van der Waals surface area (Å²) >= 11 is 1.85. The molecule has 0 atom stereocenters. The predicted octanol–water partition coefficient (Wildman–Crippen LogP) is 13.5. The molecule has 0 radical (unpaired) electrons. The van der Waals surface area contributed by atoms with Crippen molar-refractivity contribution < 1.29 is 0 Å². The summed E-state index contributed by atoms with van der Waals surface area (Å²) in [5, 5.41) is 7.35. The van der Waals surface area contributed by atoms with Crippen molar-refractivity contribution in [1.82, 2.24) is 9.97 Å². The Morgan fingerprint density at radius 2 is 0.784 bits per heavy atom. The summed E-state index contributed by atoms with van der Waals surface area (Å²) in [6.45, 7) is 0. The molecule has 10 aromatic rings. The molecule has 10 rings (SSSR count). The molecule has 0 aliphatic rings. The lowest BCUT2D eigenvalue weighted by Crippen LogP contribution is -1.97. The number of hydrogen-bond acceptors (Lipinski definition) is 3. The maximum Gasteiger partial charge on any atom is 0.160 e. The van der Waals surface area contributed by atoms with E-state index in [0.29, 0.717) is 5.82 Å². The van der Waals surface area contributed by atoms with Gasteiger partial charge < -0.3 is 0 Å². The number of thiophene rings is 1. The molecule has 0 unspecified atom stereocenters. The van der Waals surface area contributed by atoms with Crippen molar-refractivity contribution in [1.29, 1.82) is 0 Å². The first-order valence-corrected chi connectivity index (χ1v) is 18.1. The number of nitrogens with zero attached hydrogens (tertiary/aromatic N) is 2. The van der Waals surface area contributed by atoms with Gasteiger partial charge in [-0.05, 0) is 68.1 Å². The summed E-state index contributed by atoms with van der Waals surface area (Å²) in [6, 6.07) is 65.0. The third-order valence-corrected chi connectivity index (χ3v) is 11.1. The van der Waals surface area contributed by atoms with Gasteiger partial charge in [0.25, 0.3) is 0 Å². The Balaban J connectivity index is 1.17. The molecule has 2 heterocycles. The lowest BCUT2D eigenvalue weighted by molar-refractivity contribution is 1.19. The van der Waals surface area contributed by atoms with Gasteiger partial charge in [0.2, 0.25) is 0 Å². The zero-order chi connectivity index (χ0) is 33.7. The molecule has 51 heavy (non-hydrogen) atoms. The van der Waals surface area contributed by atoms with Crippen molar-refractivity contribution in [3.8, 4) is 56.2 Å². The van der Waals surface area contributed by atoms with E-state index in [1.54, 1.807) is 0 Å². The van der Waals surface area contributed by atoms with Crippen LogP contribution in [0.4, 0.5) is 0 Å². The van der Waals surface area contributed by atoms with Crippen LogP contribution >= 0.6 is 11.3 Å². The Labute approximate surface area is 300 Å². The average molecular weight is 667 g/mol. The molecule has 2 nitrogen and oxygen atoms in total. The second kappa shape index (κ2) is 12.2. The second-order valence-corrected chi connectivity index (χ2v) is 14.0. The van der Waals surface area contributed by atoms with Gasteiger partial charge in [0.05, 0.1) is 11.4 Å². The SMILES string of the molecule is c1ccc(-c2nc(-c3cccc4c(-c5ccccc5)cccc34)cc(-c3ccc(-c4ccc5sc6ccccc6c5c4)c4ccccc34)n2)cc1. The molecule has 0 fully saturated rings. The lowest BCUT2D eigenvalue weighted by Gasteiger charge is -2.15. The molecule has 0 aliphatic heterocycles. The monoisotopic (exact) mass is 666 g/mol. The number of hydrogen-bond donors (Lipinski definition) is 0. The van der Waals surface area contributed by atoms with E-state index in [4.69, 9.17) is 9.97 Å². The van der Waals surface area contributed by atoms with Crippen molar-refractivity contribution in [3.05, 3.63) is 182 Å². The van der Waals surface area contributed by atoms with E-state index >= 15 is 0 Å². The van der Waals surface area contributed by atoms with E-state index in [-0.39, 0.29) is 0 Å². The molecule has 0 amide bonds. The summed E-state index contributed by atoms with van der Waals surface area (Å²) in [6.07, 6.45) is 0. The summed E-state index contributed by atoms with van der Waals surface area (Å²) in [5.41, 5.74) is 9.80. The third kappa shape index (κ3) is 5.10. The van der Waals surface area contributed by atoms with Gasteiger partial charge in [-0.1, -0.05) is 158 Å². The molecule has 0 aliphatic carbocycles. The molecule has 0 N–H and O–H groups in total. The standard InChI is InChI=1S/C48H30N2S/c1-3-13-31(14-4-1)34-20-11-22-39-37(34)21-12-23-40(39)44-30-45(50-48(49-44)32-15-5-2-6-16-32)41-27-26-35(36-17-7-8-18-38(36)41)33-25-28-47-43(29-33)42-19-9-10-24-46(42)51-47/h1-30H. The highest BCUT2D eigenvalue weighted by Gasteiger charge is 2.17. The number of aromatic nitrogens is 2. The van der Waals surface area contributed by atoms with Gasteiger partial charge in [0.1, 0.15) is 0 Å². The van der Waals surface area contributed by atoms with E-state index in [1.165, 1.54) is 64.0 Å². The molecule has 0 saturated carbocycles. The first kappa shape index (κ1) is 29.5. The minimum Gasteiger partial charge on any atom is -0.228 e. The quantitative estimate of drug-likeness (QED) is 0.183. The van der Waals surface area contributed by atoms with Crippen LogP contribution in [0.3, 0.4) is 0 Å². The first-order chi connectivity index (χ1) is 25.3. The van der Waals surface area contributed by atoms with E-state index in [2.05, 4.69) is 164 Å². The summed E-state index contributed by atoms with van der Waals surface area (Å²) in [5.74, 6) is 0.710. The third-order valence-electron chi connectivity index (χ3n) is 9.93. The van der Waals surface area contributed by atoms with Gasteiger partial charge >= 0.3 is 0 Å². The summed E-state index contributed by atoms with van der Waals surface area (Å²) in [7, 11) is 0. The van der Waals surface area contributed by atoms with Crippen LogP contribution in [0.5, 0.6) is 0 Å². The van der Waals surface area contributed by atoms with Crippen LogP contribution in [-0.2, 0) is 0 Å². The molecular formula is C48H30N2S. The highest BCUT2D eigenvalue weighted by Crippen LogP contribution is 2.41. The maximum atomic E-state index is 5.26. The smallest absolute Gasteiger partial charge is 0.160 e. The molecule has 0 saturated heterocycles. The Morgan fingerprint density at radius 3 is 1.49 bits per heavy atom. The van der Waals surface area contributed by atoms with Gasteiger partial charge in [-0.3, -0.25) is 0 Å². The number of fused-ring (bicyclic) bond motifs is 5. The molecule has 0 spiro atoms. The maximum absolute atomic E-state index is 5.26. The van der Waals surface area contributed by atoms with Crippen LogP contribution in [0.15, 0.2) is 182 Å². The van der Waals surface area contributed by atoms with E-state index in [9.17, 15) is 0 Å². The Hall–Kier alpha value is -6.42. The minimum atomic E-state index is 0.710. The zero-order valence-electron chi connectivity index (χ0n) is 27.6. The van der Waals surface area contributed by atoms with Crippen molar-refractivity contribution in [2.45, 2.75) is 0 Å². The topological polar surface area (TPSA) is 25.8 Å². The molecular weight excluding hydrogens is 637 g/mol. The second-order valence-electron chi connectivity index (χ2n) is 12.9. The fourth-order valence-electron chi connectivity index (χ4n) is 7.51. The zero-order valence-corrected chi connectivity index (χ0v) is 28.4. The highest BCUT2D eigenvalue weighted by atomic mass is 32.1. The van der Waals surface area contributed by atoms with Gasteiger partial charge in [-0.25, -0.2) is 9.97 Å². The minimum absolute atomic E-state index is 0.710. The van der Waals surface area contributed by atoms with Crippen LogP contribution in [0, 0.1) is 0 Å². The van der Waals surface area contributed by atoms with Crippen molar-refractivity contribution in [2.75, 3.05) is 0 Å². The van der Waals surface area contributed by atoms with Crippen LogP contribution in [-0.4, -0.2) is 9.97 Å². The molecule has 238 valence electrons. The van der Waals surface area contributed by atoms with E-state index in [0.717, 1.165) is 28.1 Å². The fourth-order valence-corrected chi connectivity index (χ4v) is 8.60. The van der Waals surface area contributed by atoms with E-state index < -0.39 is 0 Å². The Kier molecular flexibility index (Phi) is 7.04. The summed E-state index contributed by atoms with van der Waals surface area (Å²) in [4.78, 5) is 10.5. The number of rotatable bonds is 5. The van der Waals surface area contributed by atoms with Gasteiger partial charge in [0, 0.05) is 36.9 Å². The lowest BCUT2D eigenvalue weighted by atomic mass is 9.92. The first-order valence-electron chi connectivity index (χ1n) is 17.2. The van der Waals surface area contributed by atoms with Gasteiger partial charge in [-0.2, -0.15) is 0 Å². The molecule has 8 aromatic carbocycles. The summed E-state index contributed by atoms with van der Waals surface area (Å²) < 4.78 is 2.63. The van der Waals surface area contributed by atoms with Crippen LogP contribution in [0.2, 0.25) is 0 Å². The van der Waals surface area contributed by atoms with Crippen molar-refractivity contribution in [3.63, 3.8) is 0 Å². The fraction of sp³-hybridized carbons (Fsp3) is 0. The van der Waals surface area contributed by atoms with Crippen molar-refractivity contribution >= 4 is 53.1 Å². The van der Waals surface area contributed by atoms with Gasteiger partial charge in [0.15, 0.2) is 5.82 Å². The molecule has 2 aromatic heterocycles. The van der Waals surface area contributed by atoms with Crippen molar-refractivity contribution in [2.24, 2.45) is 0 Å². The van der Waals surface area contributed by atoms with Crippen LogP contribution in [0.1, 0.15) is 0 Å². The largest absolute Gasteiger partial charge is 0.228 e. The molecule has 3 heteroatoms. The Bertz CT molecular complexity index is 2910. The molecule has 0 bridgehead atoms. The predicted molar refractivity (Wildman–Crippen MR) is 217 cm³/mol.